The predicted octanol–water partition coefficient (Wildman–Crippen LogP) is 1.72. The first-order valence-corrected chi connectivity index (χ1v) is 9.26. The monoisotopic (exact) mass is 314 g/mol. The van der Waals surface area contributed by atoms with Crippen LogP contribution in [0.4, 0.5) is 0 Å². The van der Waals surface area contributed by atoms with Crippen LogP contribution in [0.5, 0.6) is 0 Å². The average molecular weight is 314 g/mol. The molecule has 1 saturated heterocycles. The van der Waals surface area contributed by atoms with Crippen molar-refractivity contribution in [3.05, 3.63) is 11.8 Å². The van der Waals surface area contributed by atoms with E-state index in [1.807, 2.05) is 6.92 Å². The van der Waals surface area contributed by atoms with Crippen LogP contribution in [-0.4, -0.2) is 42.6 Å². The van der Waals surface area contributed by atoms with Gasteiger partial charge in [-0.3, -0.25) is 5.10 Å². The number of H-pyrrole nitrogens is 1. The molecule has 0 aliphatic carbocycles. The number of hydrogen-bond donors (Lipinski definition) is 2. The lowest BCUT2D eigenvalue weighted by molar-refractivity contribution is 0.405. The Kier molecular flexibility index (Phi) is 5.78. The number of aromatic amines is 1. The molecule has 1 aromatic heterocycles. The van der Waals surface area contributed by atoms with Gasteiger partial charge < -0.3 is 5.32 Å². The van der Waals surface area contributed by atoms with E-state index >= 15 is 0 Å². The van der Waals surface area contributed by atoms with Gasteiger partial charge in [-0.1, -0.05) is 20.3 Å². The average Bonchev–Trinajstić information content (AvgIpc) is 2.81. The molecule has 7 heteroatoms. The molecule has 0 amide bonds. The molecule has 120 valence electrons. The second-order valence-corrected chi connectivity index (χ2v) is 7.49. The van der Waals surface area contributed by atoms with Gasteiger partial charge in [0.25, 0.3) is 10.0 Å². The number of sulfonamides is 1. The maximum atomic E-state index is 12.8. The summed E-state index contributed by atoms with van der Waals surface area (Å²) in [5.41, 5.74) is 0.716. The van der Waals surface area contributed by atoms with Crippen LogP contribution in [0.1, 0.15) is 45.1 Å². The maximum Gasteiger partial charge on any atom is 0.260 e. The third-order valence-corrected chi connectivity index (χ3v) is 6.14. The van der Waals surface area contributed by atoms with E-state index in [1.54, 1.807) is 10.5 Å². The molecule has 0 aromatic carbocycles. The fourth-order valence-electron chi connectivity index (χ4n) is 2.82. The zero-order chi connectivity index (χ0) is 15.3. The summed E-state index contributed by atoms with van der Waals surface area (Å²) in [6, 6.07) is 0. The first-order chi connectivity index (χ1) is 10.1. The molecule has 2 N–H and O–H groups in total. The van der Waals surface area contributed by atoms with Crippen molar-refractivity contribution in [1.82, 2.24) is 19.8 Å². The third kappa shape index (κ3) is 3.84. The van der Waals surface area contributed by atoms with Crippen LogP contribution in [0.2, 0.25) is 0 Å². The van der Waals surface area contributed by atoms with E-state index in [0.29, 0.717) is 31.1 Å². The van der Waals surface area contributed by atoms with Crippen molar-refractivity contribution < 1.29 is 8.42 Å². The molecule has 2 heterocycles. The molecule has 1 unspecified atom stereocenters. The van der Waals surface area contributed by atoms with Gasteiger partial charge in [0.05, 0.1) is 6.20 Å². The zero-order valence-corrected chi connectivity index (χ0v) is 13.7. The van der Waals surface area contributed by atoms with Crippen LogP contribution in [0.15, 0.2) is 11.2 Å². The van der Waals surface area contributed by atoms with E-state index in [1.165, 1.54) is 0 Å². The first-order valence-electron chi connectivity index (χ1n) is 7.82. The summed E-state index contributed by atoms with van der Waals surface area (Å²) in [6.45, 7) is 6.71. The molecule has 1 aromatic rings. The Balaban J connectivity index is 2.16. The molecule has 1 aliphatic rings. The Bertz CT molecular complexity index is 541. The molecule has 2 rings (SSSR count). The second-order valence-electron chi connectivity index (χ2n) is 5.61. The number of nitrogens with zero attached hydrogens (tertiary/aromatic N) is 2. The molecule has 6 nitrogen and oxygen atoms in total. The van der Waals surface area contributed by atoms with E-state index < -0.39 is 10.0 Å². The van der Waals surface area contributed by atoms with Crippen molar-refractivity contribution in [3.63, 3.8) is 0 Å². The smallest absolute Gasteiger partial charge is 0.260 e. The van der Waals surface area contributed by atoms with Gasteiger partial charge >= 0.3 is 0 Å². The highest BCUT2D eigenvalue weighted by molar-refractivity contribution is 7.89. The van der Waals surface area contributed by atoms with Gasteiger partial charge in [-0.2, -0.15) is 9.40 Å². The van der Waals surface area contributed by atoms with Gasteiger partial charge in [0, 0.05) is 25.2 Å². The lowest BCUT2D eigenvalue weighted by Crippen LogP contribution is -2.33. The standard InChI is InChI=1S/C14H26N4O2S/c1-3-12-6-5-8-18(9-7-12)21(19,20)14-13(10-15-4-2)11-16-17-14/h11-12,15H,3-10H2,1-2H3,(H,16,17). The Morgan fingerprint density at radius 3 is 2.90 bits per heavy atom. The fraction of sp³-hybridized carbons (Fsp3) is 0.786. The zero-order valence-electron chi connectivity index (χ0n) is 12.9. The quantitative estimate of drug-likeness (QED) is 0.838. The normalized spacial score (nSPS) is 21.3. The van der Waals surface area contributed by atoms with Crippen molar-refractivity contribution in [2.75, 3.05) is 19.6 Å². The summed E-state index contributed by atoms with van der Waals surface area (Å²) >= 11 is 0. The highest BCUT2D eigenvalue weighted by atomic mass is 32.2. The minimum atomic E-state index is -3.46. The van der Waals surface area contributed by atoms with Crippen LogP contribution in [0.3, 0.4) is 0 Å². The summed E-state index contributed by atoms with van der Waals surface area (Å²) in [6.07, 6.45) is 5.74. The molecule has 0 saturated carbocycles. The highest BCUT2D eigenvalue weighted by Crippen LogP contribution is 2.25. The summed E-state index contributed by atoms with van der Waals surface area (Å²) in [5.74, 6) is 0.646. The Hall–Kier alpha value is -0.920. The van der Waals surface area contributed by atoms with Crippen LogP contribution >= 0.6 is 0 Å². The van der Waals surface area contributed by atoms with Crippen molar-refractivity contribution >= 4 is 10.0 Å². The lowest BCUT2D eigenvalue weighted by Gasteiger charge is -2.20. The summed E-state index contributed by atoms with van der Waals surface area (Å²) in [4.78, 5) is 0. The number of rotatable bonds is 6. The van der Waals surface area contributed by atoms with Gasteiger partial charge in [-0.15, -0.1) is 0 Å². The molecule has 1 aliphatic heterocycles. The van der Waals surface area contributed by atoms with Crippen molar-refractivity contribution in [3.8, 4) is 0 Å². The van der Waals surface area contributed by atoms with E-state index in [-0.39, 0.29) is 5.03 Å². The molecule has 0 spiro atoms. The Morgan fingerprint density at radius 1 is 1.38 bits per heavy atom. The second kappa shape index (κ2) is 7.38. The maximum absolute atomic E-state index is 12.8. The first kappa shape index (κ1) is 16.5. The van der Waals surface area contributed by atoms with E-state index in [9.17, 15) is 8.42 Å². The number of nitrogens with one attached hydrogen (secondary N) is 2. The molecule has 1 fully saturated rings. The van der Waals surface area contributed by atoms with Crippen molar-refractivity contribution in [2.45, 2.75) is 51.1 Å². The minimum Gasteiger partial charge on any atom is -0.313 e. The molecular weight excluding hydrogens is 288 g/mol. The fourth-order valence-corrected chi connectivity index (χ4v) is 4.42. The topological polar surface area (TPSA) is 78.1 Å². The molecule has 0 bridgehead atoms. The largest absolute Gasteiger partial charge is 0.313 e. The van der Waals surface area contributed by atoms with Gasteiger partial charge in [0.2, 0.25) is 0 Å². The Labute approximate surface area is 127 Å². The lowest BCUT2D eigenvalue weighted by atomic mass is 9.98. The summed E-state index contributed by atoms with van der Waals surface area (Å²) in [5, 5.41) is 10.00. The SMILES string of the molecule is CCNCc1cn[nH]c1S(=O)(=O)N1CCCC(CC)CC1. The molecule has 21 heavy (non-hydrogen) atoms. The minimum absolute atomic E-state index is 0.249. The third-order valence-electron chi connectivity index (χ3n) is 4.23. The molecule has 0 radical (unpaired) electrons. The van der Waals surface area contributed by atoms with Crippen molar-refractivity contribution in [1.29, 1.82) is 0 Å². The summed E-state index contributed by atoms with van der Waals surface area (Å²) in [7, 11) is -3.46. The van der Waals surface area contributed by atoms with E-state index in [4.69, 9.17) is 0 Å². The van der Waals surface area contributed by atoms with Gasteiger partial charge in [0.1, 0.15) is 0 Å². The van der Waals surface area contributed by atoms with E-state index in [2.05, 4.69) is 22.4 Å². The Morgan fingerprint density at radius 2 is 2.19 bits per heavy atom. The number of hydrogen-bond acceptors (Lipinski definition) is 4. The molecule has 1 atom stereocenters. The highest BCUT2D eigenvalue weighted by Gasteiger charge is 2.30. The van der Waals surface area contributed by atoms with Crippen LogP contribution in [-0.2, 0) is 16.6 Å². The van der Waals surface area contributed by atoms with E-state index in [0.717, 1.165) is 32.2 Å². The van der Waals surface area contributed by atoms with Crippen molar-refractivity contribution in [2.24, 2.45) is 5.92 Å². The summed E-state index contributed by atoms with van der Waals surface area (Å²) < 4.78 is 27.2. The van der Waals surface area contributed by atoms with Crippen LogP contribution in [0, 0.1) is 5.92 Å². The molecular formula is C14H26N4O2S. The van der Waals surface area contributed by atoms with Crippen LogP contribution < -0.4 is 5.32 Å². The van der Waals surface area contributed by atoms with Gasteiger partial charge in [-0.25, -0.2) is 8.42 Å². The van der Waals surface area contributed by atoms with Crippen LogP contribution in [0.25, 0.3) is 0 Å². The number of aromatic nitrogens is 2. The predicted molar refractivity (Wildman–Crippen MR) is 82.4 cm³/mol. The van der Waals surface area contributed by atoms with Gasteiger partial charge in [-0.05, 0) is 31.7 Å². The van der Waals surface area contributed by atoms with Gasteiger partial charge in [0.15, 0.2) is 5.03 Å².